The van der Waals surface area contributed by atoms with Gasteiger partial charge in [-0.3, -0.25) is 4.79 Å². The minimum absolute atomic E-state index is 0.144. The third kappa shape index (κ3) is 4.49. The van der Waals surface area contributed by atoms with Gasteiger partial charge >= 0.3 is 0 Å². The number of carbonyl (C=O) groups is 1. The monoisotopic (exact) mass is 455 g/mol. The maximum atomic E-state index is 12.8. The minimum atomic E-state index is -0.144. The van der Waals surface area contributed by atoms with Crippen molar-refractivity contribution < 1.29 is 4.79 Å². The Bertz CT molecular complexity index is 1430. The van der Waals surface area contributed by atoms with Crippen molar-refractivity contribution in [2.45, 2.75) is 0 Å². The molecule has 0 saturated heterocycles. The fourth-order valence-corrected chi connectivity index (χ4v) is 4.37. The van der Waals surface area contributed by atoms with Crippen LogP contribution in [-0.2, 0) is 0 Å². The van der Waals surface area contributed by atoms with E-state index in [1.165, 1.54) is 11.3 Å². The van der Waals surface area contributed by atoms with Crippen molar-refractivity contribution in [3.8, 4) is 11.3 Å². The third-order valence-corrected chi connectivity index (χ3v) is 6.00. The van der Waals surface area contributed by atoms with Crippen LogP contribution in [0.2, 0.25) is 5.02 Å². The lowest BCUT2D eigenvalue weighted by Crippen LogP contribution is -2.11. The molecule has 1 heterocycles. The molecule has 5 rings (SSSR count). The average Bonchev–Trinajstić information content (AvgIpc) is 3.27. The number of hydrogen-bond donors (Lipinski definition) is 2. The summed E-state index contributed by atoms with van der Waals surface area (Å²) in [5, 5.41) is 11.8. The van der Waals surface area contributed by atoms with Gasteiger partial charge in [-0.05, 0) is 53.2 Å². The molecule has 0 fully saturated rings. The summed E-state index contributed by atoms with van der Waals surface area (Å²) < 4.78 is 0. The highest BCUT2D eigenvalue weighted by Crippen LogP contribution is 2.29. The lowest BCUT2D eigenvalue weighted by atomic mass is 10.1. The second-order valence-corrected chi connectivity index (χ2v) is 8.56. The first kappa shape index (κ1) is 20.2. The Morgan fingerprint density at radius 2 is 1.62 bits per heavy atom. The second kappa shape index (κ2) is 8.83. The molecule has 4 aromatic carbocycles. The summed E-state index contributed by atoms with van der Waals surface area (Å²) >= 11 is 7.56. The molecule has 0 aliphatic carbocycles. The number of rotatable bonds is 5. The van der Waals surface area contributed by atoms with E-state index in [0.717, 1.165) is 38.5 Å². The number of carbonyl (C=O) groups excluding carboxylic acids is 1. The van der Waals surface area contributed by atoms with Crippen LogP contribution < -0.4 is 10.6 Å². The molecule has 6 heteroatoms. The summed E-state index contributed by atoms with van der Waals surface area (Å²) in [5.74, 6) is -0.144. The van der Waals surface area contributed by atoms with Crippen LogP contribution in [-0.4, -0.2) is 10.9 Å². The zero-order valence-electron chi connectivity index (χ0n) is 16.9. The van der Waals surface area contributed by atoms with E-state index < -0.39 is 0 Å². The molecule has 0 saturated carbocycles. The number of fused-ring (bicyclic) bond motifs is 1. The van der Waals surface area contributed by atoms with Gasteiger partial charge in [0.1, 0.15) is 0 Å². The molecule has 0 aliphatic heterocycles. The van der Waals surface area contributed by atoms with Crippen LogP contribution in [0.15, 0.2) is 96.4 Å². The first-order chi connectivity index (χ1) is 15.6. The van der Waals surface area contributed by atoms with Crippen LogP contribution in [0.1, 0.15) is 10.4 Å². The van der Waals surface area contributed by atoms with Crippen LogP contribution in [0, 0.1) is 0 Å². The Morgan fingerprint density at radius 1 is 0.812 bits per heavy atom. The lowest BCUT2D eigenvalue weighted by molar-refractivity contribution is 0.102. The van der Waals surface area contributed by atoms with Gasteiger partial charge in [-0.15, -0.1) is 11.3 Å². The summed E-state index contributed by atoms with van der Waals surface area (Å²) in [7, 11) is 0. The Labute approximate surface area is 194 Å². The van der Waals surface area contributed by atoms with Crippen LogP contribution in [0.3, 0.4) is 0 Å². The van der Waals surface area contributed by atoms with Gasteiger partial charge in [0.25, 0.3) is 5.91 Å². The summed E-state index contributed by atoms with van der Waals surface area (Å²) in [6.45, 7) is 0. The molecule has 2 N–H and O–H groups in total. The highest BCUT2D eigenvalue weighted by Gasteiger charge is 2.10. The van der Waals surface area contributed by atoms with Gasteiger partial charge < -0.3 is 10.6 Å². The summed E-state index contributed by atoms with van der Waals surface area (Å²) in [6, 6.07) is 28.9. The zero-order chi connectivity index (χ0) is 21.9. The van der Waals surface area contributed by atoms with E-state index in [-0.39, 0.29) is 5.91 Å². The zero-order valence-corrected chi connectivity index (χ0v) is 18.5. The van der Waals surface area contributed by atoms with Crippen molar-refractivity contribution >= 4 is 56.1 Å². The Morgan fingerprint density at radius 3 is 2.50 bits per heavy atom. The number of nitrogens with one attached hydrogen (secondary N) is 2. The van der Waals surface area contributed by atoms with Gasteiger partial charge in [0, 0.05) is 32.9 Å². The van der Waals surface area contributed by atoms with E-state index in [1.807, 2.05) is 96.4 Å². The summed E-state index contributed by atoms with van der Waals surface area (Å²) in [5.41, 5.74) is 3.99. The predicted octanol–water partition coefficient (Wildman–Crippen LogP) is 7.61. The quantitative estimate of drug-likeness (QED) is 0.286. The maximum absolute atomic E-state index is 12.8. The molecule has 1 amide bonds. The second-order valence-electron chi connectivity index (χ2n) is 7.27. The number of amides is 1. The van der Waals surface area contributed by atoms with Crippen molar-refractivity contribution in [3.05, 3.63) is 107 Å². The van der Waals surface area contributed by atoms with E-state index in [4.69, 9.17) is 11.6 Å². The molecule has 0 aliphatic rings. The maximum Gasteiger partial charge on any atom is 0.255 e. The number of halogens is 1. The number of benzene rings is 4. The summed E-state index contributed by atoms with van der Waals surface area (Å²) in [6.07, 6.45) is 0. The molecule has 156 valence electrons. The first-order valence-electron chi connectivity index (χ1n) is 10.0. The molecule has 1 aromatic heterocycles. The van der Waals surface area contributed by atoms with Gasteiger partial charge in [0.2, 0.25) is 0 Å². The molecule has 32 heavy (non-hydrogen) atoms. The van der Waals surface area contributed by atoms with Gasteiger partial charge in [0.05, 0.1) is 5.69 Å². The number of anilines is 3. The van der Waals surface area contributed by atoms with E-state index >= 15 is 0 Å². The SMILES string of the molecule is O=C(Nc1cccc(-c2csc(Nc3cccc(Cl)c3)n2)c1)c1ccc2ccccc2c1. The molecular formula is C26H18ClN3OS. The van der Waals surface area contributed by atoms with Crippen molar-refractivity contribution in [1.82, 2.24) is 4.98 Å². The van der Waals surface area contributed by atoms with Gasteiger partial charge in [-0.2, -0.15) is 0 Å². The topological polar surface area (TPSA) is 54.0 Å². The third-order valence-electron chi connectivity index (χ3n) is 5.01. The normalized spacial score (nSPS) is 10.8. The largest absolute Gasteiger partial charge is 0.331 e. The van der Waals surface area contributed by atoms with E-state index in [1.54, 1.807) is 0 Å². The lowest BCUT2D eigenvalue weighted by Gasteiger charge is -2.08. The highest BCUT2D eigenvalue weighted by atomic mass is 35.5. The molecule has 0 radical (unpaired) electrons. The highest BCUT2D eigenvalue weighted by molar-refractivity contribution is 7.14. The van der Waals surface area contributed by atoms with Gasteiger partial charge in [-0.1, -0.05) is 60.1 Å². The Balaban J connectivity index is 1.33. The molecule has 5 aromatic rings. The number of nitrogens with zero attached hydrogens (tertiary/aromatic N) is 1. The number of thiazole rings is 1. The van der Waals surface area contributed by atoms with Crippen molar-refractivity contribution in [2.75, 3.05) is 10.6 Å². The fourth-order valence-electron chi connectivity index (χ4n) is 3.44. The summed E-state index contributed by atoms with van der Waals surface area (Å²) in [4.78, 5) is 17.5. The van der Waals surface area contributed by atoms with Crippen LogP contribution in [0.4, 0.5) is 16.5 Å². The van der Waals surface area contributed by atoms with Crippen LogP contribution in [0.5, 0.6) is 0 Å². The molecule has 0 bridgehead atoms. The van der Waals surface area contributed by atoms with Gasteiger partial charge in [0.15, 0.2) is 5.13 Å². The molecule has 0 spiro atoms. The molecule has 0 unspecified atom stereocenters. The predicted molar refractivity (Wildman–Crippen MR) is 134 cm³/mol. The molecule has 4 nitrogen and oxygen atoms in total. The Kier molecular flexibility index (Phi) is 5.58. The minimum Gasteiger partial charge on any atom is -0.331 e. The standard InChI is InChI=1S/C26H18ClN3OS/c27-21-8-4-10-23(15-21)29-26-30-24(16-32-26)19-7-3-9-22(14-19)28-25(31)20-12-11-17-5-1-2-6-18(17)13-20/h1-16H,(H,28,31)(H,29,30). The number of aromatic nitrogens is 1. The van der Waals surface area contributed by atoms with E-state index in [9.17, 15) is 4.79 Å². The Hall–Kier alpha value is -3.67. The van der Waals surface area contributed by atoms with Crippen molar-refractivity contribution in [1.29, 1.82) is 0 Å². The first-order valence-corrected chi connectivity index (χ1v) is 11.3. The number of hydrogen-bond acceptors (Lipinski definition) is 4. The smallest absolute Gasteiger partial charge is 0.255 e. The molecule has 0 atom stereocenters. The average molecular weight is 456 g/mol. The van der Waals surface area contributed by atoms with E-state index in [2.05, 4.69) is 15.6 Å². The van der Waals surface area contributed by atoms with Crippen LogP contribution in [0.25, 0.3) is 22.0 Å². The van der Waals surface area contributed by atoms with Crippen LogP contribution >= 0.6 is 22.9 Å². The van der Waals surface area contributed by atoms with Crippen molar-refractivity contribution in [3.63, 3.8) is 0 Å². The van der Waals surface area contributed by atoms with Gasteiger partial charge in [-0.25, -0.2) is 4.98 Å². The fraction of sp³-hybridized carbons (Fsp3) is 0. The van der Waals surface area contributed by atoms with Crippen molar-refractivity contribution in [2.24, 2.45) is 0 Å². The van der Waals surface area contributed by atoms with E-state index in [0.29, 0.717) is 10.6 Å². The molecular weight excluding hydrogens is 438 g/mol.